The lowest BCUT2D eigenvalue weighted by molar-refractivity contribution is -0.384. The van der Waals surface area contributed by atoms with Crippen LogP contribution in [0.25, 0.3) is 10.2 Å². The van der Waals surface area contributed by atoms with E-state index in [1.54, 1.807) is 30.3 Å². The number of benzene rings is 2. The third kappa shape index (κ3) is 3.69. The number of nitro benzene ring substituents is 1. The van der Waals surface area contributed by atoms with Gasteiger partial charge in [-0.25, -0.2) is 4.98 Å². The van der Waals surface area contributed by atoms with E-state index < -0.39 is 4.92 Å². The van der Waals surface area contributed by atoms with Crippen LogP contribution in [-0.2, 0) is 0 Å². The van der Waals surface area contributed by atoms with E-state index in [2.05, 4.69) is 4.98 Å². The Kier molecular flexibility index (Phi) is 4.61. The second-order valence-electron chi connectivity index (χ2n) is 4.61. The van der Waals surface area contributed by atoms with E-state index in [0.717, 1.165) is 4.70 Å². The molecule has 0 spiro atoms. The lowest BCUT2D eigenvalue weighted by atomic mass is 10.1. The Balaban J connectivity index is 1.72. The Hall–Kier alpha value is -1.96. The van der Waals surface area contributed by atoms with Gasteiger partial charge in [0.15, 0.2) is 10.1 Å². The van der Waals surface area contributed by atoms with E-state index >= 15 is 0 Å². The van der Waals surface area contributed by atoms with Crippen LogP contribution in [0.15, 0.2) is 46.8 Å². The van der Waals surface area contributed by atoms with Gasteiger partial charge in [0, 0.05) is 22.7 Å². The number of hydrogen-bond donors (Lipinski definition) is 0. The molecule has 1 heterocycles. The number of hydrogen-bond acceptors (Lipinski definition) is 6. The number of non-ortho nitro benzene ring substituents is 1. The second-order valence-corrected chi connectivity index (χ2v) is 7.30. The molecule has 116 valence electrons. The fourth-order valence-electron chi connectivity index (χ4n) is 1.92. The fraction of sp³-hybridized carbons (Fsp3) is 0.0667. The predicted molar refractivity (Wildman–Crippen MR) is 92.8 cm³/mol. The Morgan fingerprint density at radius 3 is 2.70 bits per heavy atom. The molecule has 0 saturated carbocycles. The summed E-state index contributed by atoms with van der Waals surface area (Å²) in [7, 11) is 0. The van der Waals surface area contributed by atoms with Gasteiger partial charge >= 0.3 is 0 Å². The van der Waals surface area contributed by atoms with Crippen molar-refractivity contribution < 1.29 is 9.72 Å². The van der Waals surface area contributed by atoms with Crippen molar-refractivity contribution >= 4 is 56.4 Å². The van der Waals surface area contributed by atoms with E-state index in [1.807, 2.05) is 0 Å². The van der Waals surface area contributed by atoms with Crippen molar-refractivity contribution in [3.05, 3.63) is 63.2 Å². The molecule has 0 aliphatic rings. The van der Waals surface area contributed by atoms with Gasteiger partial charge in [0.25, 0.3) is 5.69 Å². The highest BCUT2D eigenvalue weighted by Crippen LogP contribution is 2.31. The number of rotatable bonds is 5. The largest absolute Gasteiger partial charge is 0.293 e. The number of nitrogens with zero attached hydrogens (tertiary/aromatic N) is 2. The van der Waals surface area contributed by atoms with Crippen LogP contribution in [0.5, 0.6) is 0 Å². The maximum absolute atomic E-state index is 12.1. The zero-order chi connectivity index (χ0) is 16.4. The average molecular weight is 365 g/mol. The third-order valence-electron chi connectivity index (χ3n) is 3.06. The van der Waals surface area contributed by atoms with Crippen molar-refractivity contribution in [3.8, 4) is 0 Å². The van der Waals surface area contributed by atoms with Crippen molar-refractivity contribution in [2.24, 2.45) is 0 Å². The topological polar surface area (TPSA) is 73.1 Å². The number of thioether (sulfide) groups is 1. The van der Waals surface area contributed by atoms with Gasteiger partial charge in [-0.2, -0.15) is 0 Å². The zero-order valence-corrected chi connectivity index (χ0v) is 14.0. The molecule has 5 nitrogen and oxygen atoms in total. The first kappa shape index (κ1) is 15.9. The quantitative estimate of drug-likeness (QED) is 0.280. The van der Waals surface area contributed by atoms with Crippen LogP contribution < -0.4 is 0 Å². The number of fused-ring (bicyclic) bond motifs is 1. The molecule has 0 bridgehead atoms. The smallest absolute Gasteiger partial charge is 0.271 e. The van der Waals surface area contributed by atoms with Gasteiger partial charge in [-0.15, -0.1) is 11.3 Å². The summed E-state index contributed by atoms with van der Waals surface area (Å²) in [6.07, 6.45) is 0. The molecule has 0 radical (unpaired) electrons. The lowest BCUT2D eigenvalue weighted by Gasteiger charge is -1.99. The number of nitro groups is 1. The maximum atomic E-state index is 12.1. The summed E-state index contributed by atoms with van der Waals surface area (Å²) in [5.74, 6) is 0.237. The summed E-state index contributed by atoms with van der Waals surface area (Å²) in [6.45, 7) is 0. The first-order chi connectivity index (χ1) is 11.0. The fourth-order valence-corrected chi connectivity index (χ4v) is 3.99. The number of Topliss-reactive ketones (excluding diaryl/α,β-unsaturated/α-hetero) is 1. The van der Waals surface area contributed by atoms with E-state index in [0.29, 0.717) is 20.4 Å². The molecule has 3 aromatic rings. The van der Waals surface area contributed by atoms with Crippen LogP contribution >= 0.6 is 34.7 Å². The van der Waals surface area contributed by atoms with E-state index in [-0.39, 0.29) is 17.2 Å². The normalized spacial score (nSPS) is 10.8. The molecule has 0 saturated heterocycles. The Labute approximate surface area is 144 Å². The van der Waals surface area contributed by atoms with Crippen LogP contribution in [-0.4, -0.2) is 21.4 Å². The molecule has 2 aromatic carbocycles. The number of carbonyl (C=O) groups is 1. The molecule has 3 rings (SSSR count). The third-order valence-corrected chi connectivity index (χ3v) is 5.49. The molecule has 1 aromatic heterocycles. The SMILES string of the molecule is O=C(CSc1nc2cc([N+](=O)[O-])ccc2s1)c1ccc(Cl)cc1. The molecular formula is C15H9ClN2O3S2. The molecule has 0 aliphatic heterocycles. The summed E-state index contributed by atoms with van der Waals surface area (Å²) in [4.78, 5) is 26.8. The van der Waals surface area contributed by atoms with E-state index in [1.165, 1.54) is 35.2 Å². The number of halogens is 1. The standard InChI is InChI=1S/C15H9ClN2O3S2/c16-10-3-1-9(2-4-10)13(19)8-22-15-17-12-7-11(18(20)21)5-6-14(12)23-15/h1-7H,8H2. The highest BCUT2D eigenvalue weighted by molar-refractivity contribution is 8.01. The molecule has 23 heavy (non-hydrogen) atoms. The number of carbonyl (C=O) groups excluding carboxylic acids is 1. The highest BCUT2D eigenvalue weighted by Gasteiger charge is 2.12. The summed E-state index contributed by atoms with van der Waals surface area (Å²) >= 11 is 8.53. The predicted octanol–water partition coefficient (Wildman–Crippen LogP) is 4.83. The summed E-state index contributed by atoms with van der Waals surface area (Å²) < 4.78 is 1.57. The minimum absolute atomic E-state index is 0.0107. The monoisotopic (exact) mass is 364 g/mol. The molecule has 8 heteroatoms. The molecule has 0 N–H and O–H groups in total. The minimum Gasteiger partial charge on any atom is -0.293 e. The average Bonchev–Trinajstić information content (AvgIpc) is 2.95. The number of thiazole rings is 1. The van der Waals surface area contributed by atoms with Gasteiger partial charge in [-0.05, 0) is 30.3 Å². The lowest BCUT2D eigenvalue weighted by Crippen LogP contribution is -2.01. The van der Waals surface area contributed by atoms with Gasteiger partial charge in [-0.1, -0.05) is 23.4 Å². The van der Waals surface area contributed by atoms with Crippen molar-refractivity contribution in [2.45, 2.75) is 4.34 Å². The first-order valence-electron chi connectivity index (χ1n) is 6.49. The molecule has 0 amide bonds. The van der Waals surface area contributed by atoms with Gasteiger partial charge in [0.1, 0.15) is 0 Å². The van der Waals surface area contributed by atoms with Gasteiger partial charge in [-0.3, -0.25) is 14.9 Å². The molecule has 0 unspecified atom stereocenters. The molecule has 0 fully saturated rings. The summed E-state index contributed by atoms with van der Waals surface area (Å²) in [5, 5.41) is 11.4. The zero-order valence-electron chi connectivity index (χ0n) is 11.6. The molecule has 0 atom stereocenters. The van der Waals surface area contributed by atoms with E-state index in [4.69, 9.17) is 11.6 Å². The number of aromatic nitrogens is 1. The Morgan fingerprint density at radius 2 is 2.00 bits per heavy atom. The summed E-state index contributed by atoms with van der Waals surface area (Å²) in [6, 6.07) is 11.3. The van der Waals surface area contributed by atoms with Crippen molar-refractivity contribution in [1.82, 2.24) is 4.98 Å². The Morgan fingerprint density at radius 1 is 1.26 bits per heavy atom. The van der Waals surface area contributed by atoms with Gasteiger partial charge in [0.2, 0.25) is 0 Å². The van der Waals surface area contributed by atoms with Crippen LogP contribution in [0.2, 0.25) is 5.02 Å². The maximum Gasteiger partial charge on any atom is 0.271 e. The van der Waals surface area contributed by atoms with Gasteiger partial charge in [0.05, 0.1) is 20.9 Å². The Bertz CT molecular complexity index is 893. The van der Waals surface area contributed by atoms with Crippen LogP contribution in [0, 0.1) is 10.1 Å². The van der Waals surface area contributed by atoms with Crippen molar-refractivity contribution in [3.63, 3.8) is 0 Å². The van der Waals surface area contributed by atoms with Crippen molar-refractivity contribution in [2.75, 3.05) is 5.75 Å². The summed E-state index contributed by atoms with van der Waals surface area (Å²) in [5.41, 5.74) is 1.18. The number of ketones is 1. The van der Waals surface area contributed by atoms with Crippen LogP contribution in [0.4, 0.5) is 5.69 Å². The van der Waals surface area contributed by atoms with Crippen LogP contribution in [0.1, 0.15) is 10.4 Å². The first-order valence-corrected chi connectivity index (χ1v) is 8.67. The highest BCUT2D eigenvalue weighted by atomic mass is 35.5. The van der Waals surface area contributed by atoms with Gasteiger partial charge < -0.3 is 0 Å². The van der Waals surface area contributed by atoms with Crippen molar-refractivity contribution in [1.29, 1.82) is 0 Å². The second kappa shape index (κ2) is 6.66. The van der Waals surface area contributed by atoms with Crippen LogP contribution in [0.3, 0.4) is 0 Å². The molecule has 0 aliphatic carbocycles. The molecular weight excluding hydrogens is 356 g/mol. The minimum atomic E-state index is -0.449. The van der Waals surface area contributed by atoms with E-state index in [9.17, 15) is 14.9 Å².